The number of thiophene rings is 1. The molecule has 0 spiro atoms. The molecule has 0 aliphatic heterocycles. The average Bonchev–Trinajstić information content (AvgIpc) is 3.79. The fraction of sp³-hybridized carbons (Fsp3) is 0. The van der Waals surface area contributed by atoms with Crippen LogP contribution in [0.3, 0.4) is 0 Å². The minimum atomic E-state index is 1.10. The van der Waals surface area contributed by atoms with Crippen LogP contribution in [0, 0.1) is 0 Å². The Kier molecular flexibility index (Phi) is 7.39. The molecule has 0 aliphatic carbocycles. The minimum Gasteiger partial charge on any atom is -0.310 e. The van der Waals surface area contributed by atoms with Crippen LogP contribution in [-0.4, -0.2) is 4.57 Å². The molecule has 2 heterocycles. The maximum absolute atomic E-state index is 2.47. The Morgan fingerprint density at radius 1 is 0.364 bits per heavy atom. The Balaban J connectivity index is 1.15. The van der Waals surface area contributed by atoms with E-state index in [-0.39, 0.29) is 0 Å². The fourth-order valence-corrected chi connectivity index (χ4v) is 9.61. The van der Waals surface area contributed by atoms with Crippen molar-refractivity contribution in [2.45, 2.75) is 0 Å². The van der Waals surface area contributed by atoms with Gasteiger partial charge < -0.3 is 9.47 Å². The zero-order valence-electron chi connectivity index (χ0n) is 29.9. The maximum Gasteiger partial charge on any atom is 0.0562 e. The van der Waals surface area contributed by atoms with Crippen molar-refractivity contribution in [2.75, 3.05) is 4.90 Å². The molecule has 0 unspecified atom stereocenters. The van der Waals surface area contributed by atoms with Crippen LogP contribution in [0.25, 0.3) is 80.7 Å². The highest BCUT2D eigenvalue weighted by atomic mass is 32.1. The van der Waals surface area contributed by atoms with Crippen LogP contribution in [-0.2, 0) is 0 Å². The summed E-state index contributed by atoms with van der Waals surface area (Å²) in [6.45, 7) is 0. The number of nitrogens with zero attached hydrogens (tertiary/aromatic N) is 2. The highest BCUT2D eigenvalue weighted by Gasteiger charge is 2.21. The van der Waals surface area contributed by atoms with E-state index in [0.717, 1.165) is 28.3 Å². The van der Waals surface area contributed by atoms with Gasteiger partial charge in [0.2, 0.25) is 0 Å². The maximum atomic E-state index is 2.47. The number of hydrogen-bond donors (Lipinski definition) is 0. The molecule has 3 heteroatoms. The Labute approximate surface area is 323 Å². The molecule has 0 amide bonds. The van der Waals surface area contributed by atoms with E-state index in [2.05, 4.69) is 216 Å². The van der Waals surface area contributed by atoms with Gasteiger partial charge in [-0.25, -0.2) is 0 Å². The zero-order chi connectivity index (χ0) is 36.3. The van der Waals surface area contributed by atoms with Crippen molar-refractivity contribution in [1.29, 1.82) is 0 Å². The molecule has 0 N–H and O–H groups in total. The first-order valence-corrected chi connectivity index (χ1v) is 19.6. The summed E-state index contributed by atoms with van der Waals surface area (Å²) in [5.74, 6) is 0. The quantitative estimate of drug-likeness (QED) is 0.166. The van der Waals surface area contributed by atoms with Crippen molar-refractivity contribution in [3.63, 3.8) is 0 Å². The molecular formula is C52H34N2S. The van der Waals surface area contributed by atoms with Gasteiger partial charge in [0, 0.05) is 53.4 Å². The largest absolute Gasteiger partial charge is 0.310 e. The summed E-state index contributed by atoms with van der Waals surface area (Å²) in [5, 5.41) is 7.56. The first-order chi connectivity index (χ1) is 27.3. The van der Waals surface area contributed by atoms with Crippen LogP contribution >= 0.6 is 11.3 Å². The highest BCUT2D eigenvalue weighted by Crippen LogP contribution is 2.45. The van der Waals surface area contributed by atoms with Gasteiger partial charge in [-0.1, -0.05) is 146 Å². The lowest BCUT2D eigenvalue weighted by Crippen LogP contribution is -2.11. The van der Waals surface area contributed by atoms with E-state index in [1.807, 2.05) is 11.3 Å². The Morgan fingerprint density at radius 2 is 1.02 bits per heavy atom. The molecule has 0 atom stereocenters. The molecule has 0 saturated carbocycles. The summed E-state index contributed by atoms with van der Waals surface area (Å²) >= 11 is 1.86. The van der Waals surface area contributed by atoms with Crippen molar-refractivity contribution in [2.24, 2.45) is 0 Å². The standard InChI is InChI=1S/C52H34N2S/c1-2-17-37(18-3-1)53(47-25-10-6-20-40(47)36-29-32-52-46(33-36)45-23-9-13-28-51(45)55-52)38-30-31-44-43-22-8-12-27-49(43)54(50(44)34-38)48-26-11-7-21-42(48)41-24-14-16-35-15-4-5-19-39(35)41/h1-34H. The number of hydrogen-bond acceptors (Lipinski definition) is 2. The minimum absolute atomic E-state index is 1.10. The van der Waals surface area contributed by atoms with Crippen LogP contribution in [0.2, 0.25) is 0 Å². The predicted molar refractivity (Wildman–Crippen MR) is 237 cm³/mol. The third-order valence-corrected chi connectivity index (χ3v) is 12.1. The second kappa shape index (κ2) is 12.9. The Hall–Kier alpha value is -6.94. The van der Waals surface area contributed by atoms with E-state index in [1.54, 1.807) is 0 Å². The predicted octanol–water partition coefficient (Wildman–Crippen LogP) is 15.1. The van der Waals surface area contributed by atoms with E-state index in [4.69, 9.17) is 0 Å². The molecule has 2 aromatic heterocycles. The summed E-state index contributed by atoms with van der Waals surface area (Å²) in [6, 6.07) is 75.2. The number of para-hydroxylation sites is 4. The highest BCUT2D eigenvalue weighted by molar-refractivity contribution is 7.25. The molecule has 0 aliphatic rings. The number of rotatable bonds is 6. The van der Waals surface area contributed by atoms with Gasteiger partial charge in [0.15, 0.2) is 0 Å². The van der Waals surface area contributed by atoms with Crippen LogP contribution in [0.15, 0.2) is 206 Å². The van der Waals surface area contributed by atoms with Crippen LogP contribution in [0.5, 0.6) is 0 Å². The molecule has 0 radical (unpaired) electrons. The second-order valence-corrected chi connectivity index (χ2v) is 15.2. The van der Waals surface area contributed by atoms with Gasteiger partial charge in [-0.2, -0.15) is 0 Å². The van der Waals surface area contributed by atoms with Crippen molar-refractivity contribution in [1.82, 2.24) is 4.57 Å². The molecule has 11 rings (SSSR count). The van der Waals surface area contributed by atoms with Gasteiger partial charge >= 0.3 is 0 Å². The number of anilines is 3. The van der Waals surface area contributed by atoms with E-state index in [0.29, 0.717) is 0 Å². The van der Waals surface area contributed by atoms with E-state index in [9.17, 15) is 0 Å². The van der Waals surface area contributed by atoms with E-state index in [1.165, 1.54) is 69.5 Å². The first-order valence-electron chi connectivity index (χ1n) is 18.8. The topological polar surface area (TPSA) is 8.17 Å². The fourth-order valence-electron chi connectivity index (χ4n) is 8.52. The van der Waals surface area contributed by atoms with Crippen molar-refractivity contribution in [3.8, 4) is 27.9 Å². The lowest BCUT2D eigenvalue weighted by Gasteiger charge is -2.28. The normalized spacial score (nSPS) is 11.6. The molecule has 2 nitrogen and oxygen atoms in total. The van der Waals surface area contributed by atoms with Crippen molar-refractivity contribution < 1.29 is 0 Å². The average molecular weight is 719 g/mol. The molecular weight excluding hydrogens is 685 g/mol. The van der Waals surface area contributed by atoms with Crippen molar-refractivity contribution in [3.05, 3.63) is 206 Å². The lowest BCUT2D eigenvalue weighted by atomic mass is 9.97. The smallest absolute Gasteiger partial charge is 0.0562 e. The molecule has 0 bridgehead atoms. The molecule has 0 fully saturated rings. The Bertz CT molecular complexity index is 3220. The van der Waals surface area contributed by atoms with E-state index >= 15 is 0 Å². The van der Waals surface area contributed by atoms with Crippen LogP contribution in [0.1, 0.15) is 0 Å². The summed E-state index contributed by atoms with van der Waals surface area (Å²) < 4.78 is 5.10. The van der Waals surface area contributed by atoms with Gasteiger partial charge in [0.05, 0.1) is 22.4 Å². The van der Waals surface area contributed by atoms with Gasteiger partial charge in [-0.3, -0.25) is 0 Å². The number of aromatic nitrogens is 1. The van der Waals surface area contributed by atoms with Crippen LogP contribution < -0.4 is 4.90 Å². The summed E-state index contributed by atoms with van der Waals surface area (Å²) in [7, 11) is 0. The SMILES string of the molecule is c1ccc(N(c2ccc3c4ccccc4n(-c4ccccc4-c4cccc5ccccc45)c3c2)c2ccccc2-c2ccc3sc4ccccc4c3c2)cc1. The first kappa shape index (κ1) is 31.6. The zero-order valence-corrected chi connectivity index (χ0v) is 30.7. The molecule has 11 aromatic rings. The monoisotopic (exact) mass is 718 g/mol. The molecule has 0 saturated heterocycles. The molecule has 55 heavy (non-hydrogen) atoms. The van der Waals surface area contributed by atoms with E-state index < -0.39 is 0 Å². The number of benzene rings is 9. The Morgan fingerprint density at radius 3 is 1.93 bits per heavy atom. The lowest BCUT2D eigenvalue weighted by molar-refractivity contribution is 1.18. The van der Waals surface area contributed by atoms with Gasteiger partial charge in [0.1, 0.15) is 0 Å². The summed E-state index contributed by atoms with van der Waals surface area (Å²) in [4.78, 5) is 2.42. The second-order valence-electron chi connectivity index (χ2n) is 14.1. The molecule has 9 aromatic carbocycles. The molecule has 258 valence electrons. The van der Waals surface area contributed by atoms with Gasteiger partial charge in [-0.05, 0) is 82.6 Å². The van der Waals surface area contributed by atoms with Gasteiger partial charge in [0.25, 0.3) is 0 Å². The van der Waals surface area contributed by atoms with Crippen molar-refractivity contribution >= 4 is 81.1 Å². The van der Waals surface area contributed by atoms with Gasteiger partial charge in [-0.15, -0.1) is 11.3 Å². The third-order valence-electron chi connectivity index (χ3n) is 11.0. The summed E-state index contributed by atoms with van der Waals surface area (Å²) in [5.41, 5.74) is 11.7. The summed E-state index contributed by atoms with van der Waals surface area (Å²) in [6.07, 6.45) is 0. The third kappa shape index (κ3) is 5.16. The van der Waals surface area contributed by atoms with Crippen LogP contribution in [0.4, 0.5) is 17.1 Å². The number of fused-ring (bicyclic) bond motifs is 7.